The standard InChI is InChI=1S/C24H43P2.CH3.Pd/c1-21(2,3)25(22(4,5)6)17-19-14-13-15-20(16-19)18-26(23(7,8)9)24(10,11)12;;/h13-15H,17-18H2,1-12H3;1H3;/q2*-1;+2. The summed E-state index contributed by atoms with van der Waals surface area (Å²) in [5.74, 6) is 0. The average molecular weight is 515 g/mol. The first-order valence-electron chi connectivity index (χ1n) is 9.98. The van der Waals surface area contributed by atoms with E-state index in [1.165, 1.54) is 23.5 Å². The zero-order valence-electron chi connectivity index (χ0n) is 20.9. The van der Waals surface area contributed by atoms with E-state index in [2.05, 4.69) is 107 Å². The Morgan fingerprint density at radius 2 is 0.857 bits per heavy atom. The van der Waals surface area contributed by atoms with E-state index in [9.17, 15) is 0 Å². The van der Waals surface area contributed by atoms with Gasteiger partial charge in [-0.1, -0.05) is 98.9 Å². The van der Waals surface area contributed by atoms with Gasteiger partial charge in [0, 0.05) is 0 Å². The van der Waals surface area contributed by atoms with Crippen LogP contribution in [0.15, 0.2) is 18.2 Å². The maximum absolute atomic E-state index is 3.83. The Hall–Kier alpha value is 0.742. The minimum atomic E-state index is -0.123. The van der Waals surface area contributed by atoms with Crippen LogP contribution in [0.4, 0.5) is 0 Å². The van der Waals surface area contributed by atoms with E-state index in [1.807, 2.05) is 0 Å². The molecule has 0 radical (unpaired) electrons. The molecule has 0 N–H and O–H groups in total. The molecule has 1 rings (SSSR count). The van der Waals surface area contributed by atoms with Crippen LogP contribution in [0.1, 0.15) is 94.2 Å². The van der Waals surface area contributed by atoms with Crippen LogP contribution in [0.5, 0.6) is 0 Å². The Morgan fingerprint density at radius 3 is 1.07 bits per heavy atom. The van der Waals surface area contributed by atoms with Crippen LogP contribution in [-0.4, -0.2) is 20.6 Å². The van der Waals surface area contributed by atoms with E-state index in [0.717, 1.165) is 0 Å². The zero-order chi connectivity index (χ0) is 20.6. The van der Waals surface area contributed by atoms with Gasteiger partial charge < -0.3 is 7.43 Å². The SMILES string of the molecule is CC(C)(C)P(Cc1[c-]c(CP(C(C)(C)C)C(C)(C)C)ccc1)C(C)(C)C.[CH3-].[Pd+2]. The van der Waals surface area contributed by atoms with Crippen molar-refractivity contribution < 1.29 is 20.4 Å². The second-order valence-electron chi connectivity index (χ2n) is 11.6. The second-order valence-corrected chi connectivity index (χ2v) is 19.3. The first-order chi connectivity index (χ1) is 11.4. The maximum atomic E-state index is 3.83. The summed E-state index contributed by atoms with van der Waals surface area (Å²) < 4.78 is 0. The molecule has 0 aliphatic heterocycles. The number of benzene rings is 1. The largest absolute Gasteiger partial charge is 2.00 e. The van der Waals surface area contributed by atoms with Gasteiger partial charge in [-0.25, -0.2) is 0 Å². The van der Waals surface area contributed by atoms with Gasteiger partial charge in [-0.05, 0) is 32.9 Å². The molecule has 0 heterocycles. The molecule has 166 valence electrons. The summed E-state index contributed by atoms with van der Waals surface area (Å²) in [7, 11) is -0.246. The third kappa shape index (κ3) is 9.70. The van der Waals surface area contributed by atoms with E-state index < -0.39 is 0 Å². The van der Waals surface area contributed by atoms with Crippen LogP contribution in [0.3, 0.4) is 0 Å². The van der Waals surface area contributed by atoms with E-state index in [0.29, 0.717) is 20.6 Å². The van der Waals surface area contributed by atoms with Crippen LogP contribution >= 0.6 is 15.8 Å². The summed E-state index contributed by atoms with van der Waals surface area (Å²) >= 11 is 0. The minimum absolute atomic E-state index is 0. The number of rotatable bonds is 4. The van der Waals surface area contributed by atoms with Crippen molar-refractivity contribution >= 4 is 15.8 Å². The molecule has 28 heavy (non-hydrogen) atoms. The molecule has 0 unspecified atom stereocenters. The van der Waals surface area contributed by atoms with Gasteiger partial charge in [0.15, 0.2) is 0 Å². The Kier molecular flexibility index (Phi) is 12.0. The molecule has 0 nitrogen and oxygen atoms in total. The second kappa shape index (κ2) is 10.9. The summed E-state index contributed by atoms with van der Waals surface area (Å²) in [6.07, 6.45) is 2.36. The molecule has 3 heteroatoms. The van der Waals surface area contributed by atoms with Crippen molar-refractivity contribution in [3.63, 3.8) is 0 Å². The van der Waals surface area contributed by atoms with Crippen LogP contribution in [0, 0.1) is 13.5 Å². The predicted molar refractivity (Wildman–Crippen MR) is 132 cm³/mol. The van der Waals surface area contributed by atoms with Crippen molar-refractivity contribution in [3.8, 4) is 0 Å². The van der Waals surface area contributed by atoms with Gasteiger partial charge in [-0.2, -0.15) is 35.4 Å². The molecule has 0 spiro atoms. The minimum Gasteiger partial charge on any atom is -0.358 e. The quantitative estimate of drug-likeness (QED) is 0.213. The van der Waals surface area contributed by atoms with Crippen molar-refractivity contribution in [3.05, 3.63) is 42.8 Å². The molecule has 1 aromatic carbocycles. The van der Waals surface area contributed by atoms with E-state index in [4.69, 9.17) is 0 Å². The van der Waals surface area contributed by atoms with E-state index >= 15 is 0 Å². The van der Waals surface area contributed by atoms with Crippen LogP contribution in [0.25, 0.3) is 0 Å². The van der Waals surface area contributed by atoms with Crippen molar-refractivity contribution in [2.75, 3.05) is 0 Å². The van der Waals surface area contributed by atoms with Gasteiger partial charge in [-0.3, -0.25) is 0 Å². The molecule has 0 aromatic heterocycles. The molecule has 0 amide bonds. The van der Waals surface area contributed by atoms with Crippen molar-refractivity contribution in [1.82, 2.24) is 0 Å². The average Bonchev–Trinajstić information content (AvgIpc) is 2.37. The van der Waals surface area contributed by atoms with E-state index in [-0.39, 0.29) is 43.7 Å². The van der Waals surface area contributed by atoms with Crippen LogP contribution < -0.4 is 0 Å². The fourth-order valence-corrected chi connectivity index (χ4v) is 11.0. The third-order valence-electron chi connectivity index (χ3n) is 4.81. The fourth-order valence-electron chi connectivity index (χ4n) is 4.06. The smallest absolute Gasteiger partial charge is 0.358 e. The Balaban J connectivity index is 0. The predicted octanol–water partition coefficient (Wildman–Crippen LogP) is 9.09. The van der Waals surface area contributed by atoms with Crippen LogP contribution in [0.2, 0.25) is 0 Å². The topological polar surface area (TPSA) is 0 Å². The zero-order valence-corrected chi connectivity index (χ0v) is 24.2. The summed E-state index contributed by atoms with van der Waals surface area (Å²) in [5, 5.41) is 1.45. The van der Waals surface area contributed by atoms with E-state index in [1.54, 1.807) is 0 Å². The number of hydrogen-bond acceptors (Lipinski definition) is 0. The molecule has 0 saturated heterocycles. The van der Waals surface area contributed by atoms with Crippen LogP contribution in [-0.2, 0) is 32.7 Å². The Bertz CT molecular complexity index is 503. The fraction of sp³-hybridized carbons (Fsp3) is 0.720. The molecular weight excluding hydrogens is 469 g/mol. The Morgan fingerprint density at radius 1 is 0.607 bits per heavy atom. The third-order valence-corrected chi connectivity index (χ3v) is 12.6. The summed E-state index contributed by atoms with van der Waals surface area (Å²) in [6, 6.07) is 10.7. The maximum Gasteiger partial charge on any atom is 2.00 e. The Labute approximate surface area is 194 Å². The van der Waals surface area contributed by atoms with Gasteiger partial charge in [-0.15, -0.1) is 0 Å². The molecule has 0 aliphatic rings. The van der Waals surface area contributed by atoms with Gasteiger partial charge >= 0.3 is 20.4 Å². The summed E-state index contributed by atoms with van der Waals surface area (Å²) in [5.41, 5.74) is 2.83. The molecule has 0 fully saturated rings. The molecule has 1 aromatic rings. The molecule has 0 aliphatic carbocycles. The van der Waals surface area contributed by atoms with Gasteiger partial charge in [0.1, 0.15) is 0 Å². The molecular formula is C25H46P2Pd. The first kappa shape index (κ1) is 30.9. The molecule has 0 saturated carbocycles. The number of hydrogen-bond donors (Lipinski definition) is 0. The molecule has 0 bridgehead atoms. The van der Waals surface area contributed by atoms with Gasteiger partial charge in [0.05, 0.1) is 0 Å². The summed E-state index contributed by atoms with van der Waals surface area (Å²) in [4.78, 5) is 0. The monoisotopic (exact) mass is 514 g/mol. The van der Waals surface area contributed by atoms with Crippen molar-refractivity contribution in [2.45, 2.75) is 116 Å². The van der Waals surface area contributed by atoms with Gasteiger partial charge in [0.25, 0.3) is 0 Å². The van der Waals surface area contributed by atoms with Crippen molar-refractivity contribution in [2.24, 2.45) is 0 Å². The van der Waals surface area contributed by atoms with Crippen molar-refractivity contribution in [1.29, 1.82) is 0 Å². The van der Waals surface area contributed by atoms with Gasteiger partial charge in [0.2, 0.25) is 0 Å². The summed E-state index contributed by atoms with van der Waals surface area (Å²) in [6.45, 7) is 28.9. The first-order valence-corrected chi connectivity index (χ1v) is 13.0. The normalized spacial score (nSPS) is 13.4. The molecule has 0 atom stereocenters.